The van der Waals surface area contributed by atoms with E-state index in [0.717, 1.165) is 34.2 Å². The van der Waals surface area contributed by atoms with Crippen LogP contribution in [0.1, 0.15) is 140 Å². The molecule has 2 saturated carbocycles. The fraction of sp³-hybridized carbons (Fsp3) is 0.444. The van der Waals surface area contributed by atoms with E-state index >= 15 is 0 Å². The van der Waals surface area contributed by atoms with E-state index in [4.69, 9.17) is 17.0 Å². The third-order valence-corrected chi connectivity index (χ3v) is 11.7. The summed E-state index contributed by atoms with van der Waals surface area (Å²) in [5.41, 5.74) is 12.1. The van der Waals surface area contributed by atoms with Gasteiger partial charge in [-0.1, -0.05) is 165 Å². The number of halogens is 2. The third kappa shape index (κ3) is 13.9. The number of fused-ring (bicyclic) bond motifs is 2. The van der Waals surface area contributed by atoms with E-state index in [1.807, 2.05) is 0 Å². The van der Waals surface area contributed by atoms with Crippen LogP contribution in [-0.2, 0) is 33.7 Å². The molecule has 0 bridgehead atoms. The maximum atomic E-state index is 4.93. The first-order valence-corrected chi connectivity index (χ1v) is 30.3. The molecule has 8 rings (SSSR count). The summed E-state index contributed by atoms with van der Waals surface area (Å²) in [6.07, 6.45) is 16.2. The van der Waals surface area contributed by atoms with Crippen LogP contribution in [0, 0.1) is 10.8 Å². The molecule has 0 saturated heterocycles. The van der Waals surface area contributed by atoms with Crippen LogP contribution in [0.15, 0.2) is 109 Å². The van der Waals surface area contributed by atoms with Crippen molar-refractivity contribution in [3.8, 4) is 22.3 Å². The van der Waals surface area contributed by atoms with E-state index in [2.05, 4.69) is 164 Å². The van der Waals surface area contributed by atoms with Gasteiger partial charge in [-0.05, 0) is 83.4 Å². The van der Waals surface area contributed by atoms with E-state index in [9.17, 15) is 0 Å². The van der Waals surface area contributed by atoms with Crippen molar-refractivity contribution in [1.29, 1.82) is 0 Å². The van der Waals surface area contributed by atoms with Crippen LogP contribution < -0.4 is 0 Å². The van der Waals surface area contributed by atoms with Gasteiger partial charge in [0.05, 0.1) is 0 Å². The molecular weight excluding hydrogens is 839 g/mol. The van der Waals surface area contributed by atoms with Gasteiger partial charge >= 0.3 is 37.9 Å². The number of benzene rings is 4. The fourth-order valence-electron chi connectivity index (χ4n) is 9.27. The Balaban J connectivity index is 0.000000195. The maximum absolute atomic E-state index is 4.93. The molecule has 2 radical (unpaired) electrons. The number of hydrogen-bond donors (Lipinski definition) is 0. The Morgan fingerprint density at radius 2 is 0.862 bits per heavy atom. The van der Waals surface area contributed by atoms with Crippen molar-refractivity contribution < 1.29 is 20.8 Å². The predicted molar refractivity (Wildman–Crippen MR) is 257 cm³/mol. The average molecular weight is 907 g/mol. The fourth-order valence-corrected chi connectivity index (χ4v) is 9.27. The summed E-state index contributed by atoms with van der Waals surface area (Å²) >= 11 is -0.826. The molecule has 0 atom stereocenters. The van der Waals surface area contributed by atoms with Gasteiger partial charge < -0.3 is 0 Å². The zero-order chi connectivity index (χ0) is 41.7. The molecule has 2 aliphatic carbocycles. The minimum absolute atomic E-state index is 0.326. The first kappa shape index (κ1) is 46.8. The second-order valence-electron chi connectivity index (χ2n) is 19.3. The second kappa shape index (κ2) is 22.6. The standard InChI is InChI=1S/2C26H31.C2H6Si.2ClH.Zr/c2*1-26(2,3)18-19-16-23-10-7-11-24(25(23)17-19)22-14-12-21(13-15-22)20-8-5-4-6-9-20;1-3-2;;;/h2*7,10-17,20H,4-6,8-9,18H2,1-3H3;1-2H3;2*1H;/q2*-1;;;;+4/p-2. The Kier molecular flexibility index (Phi) is 18.2. The zero-order valence-corrected chi connectivity index (χ0v) is 41.8. The van der Waals surface area contributed by atoms with Crippen LogP contribution in [0.2, 0.25) is 13.1 Å². The molecule has 0 aromatic heterocycles. The van der Waals surface area contributed by atoms with Crippen molar-refractivity contribution in [3.05, 3.63) is 131 Å². The summed E-state index contributed by atoms with van der Waals surface area (Å²) in [5.74, 6) is 1.57. The van der Waals surface area contributed by atoms with Gasteiger partial charge in [-0.25, -0.2) is 0 Å². The molecule has 58 heavy (non-hydrogen) atoms. The van der Waals surface area contributed by atoms with E-state index in [-0.39, 0.29) is 0 Å². The number of hydrogen-bond acceptors (Lipinski definition) is 0. The molecule has 0 N–H and O–H groups in total. The Bertz CT molecular complexity index is 1940. The first-order chi connectivity index (χ1) is 27.8. The summed E-state index contributed by atoms with van der Waals surface area (Å²) in [4.78, 5) is 0. The topological polar surface area (TPSA) is 0 Å². The molecule has 4 heteroatoms. The molecule has 0 heterocycles. The Morgan fingerprint density at radius 1 is 0.534 bits per heavy atom. The van der Waals surface area contributed by atoms with Gasteiger partial charge in [-0.2, -0.15) is 12.1 Å². The molecule has 6 aromatic carbocycles. The molecule has 0 spiro atoms. The Labute approximate surface area is 374 Å². The van der Waals surface area contributed by atoms with Crippen molar-refractivity contribution in [3.63, 3.8) is 0 Å². The first-order valence-electron chi connectivity index (χ1n) is 21.9. The molecule has 0 amide bonds. The van der Waals surface area contributed by atoms with Gasteiger partial charge in [0.25, 0.3) is 0 Å². The van der Waals surface area contributed by atoms with E-state index in [1.54, 1.807) is 0 Å². The Morgan fingerprint density at radius 3 is 1.17 bits per heavy atom. The molecule has 0 aliphatic heterocycles. The van der Waals surface area contributed by atoms with Gasteiger partial charge in [-0.3, -0.25) is 0 Å². The molecule has 0 nitrogen and oxygen atoms in total. The predicted octanol–water partition coefficient (Wildman–Crippen LogP) is 17.9. The molecule has 6 aromatic rings. The molecule has 2 fully saturated rings. The molecule has 0 unspecified atom stereocenters. The number of rotatable bonds is 6. The van der Waals surface area contributed by atoms with Crippen LogP contribution in [-0.4, -0.2) is 9.52 Å². The summed E-state index contributed by atoms with van der Waals surface area (Å²) in [7, 11) is 11.0. The van der Waals surface area contributed by atoms with Crippen LogP contribution in [0.5, 0.6) is 0 Å². The van der Waals surface area contributed by atoms with E-state index in [1.165, 1.54) is 130 Å². The SMILES string of the molecule is CC(C)(C)Cc1cc2c(-c3ccc(C4CCCCC4)cc3)cccc2[cH-]1.CC(C)(C)Cc1cc2c(-c3ccc(C4CCCCC4)cc3)cccc2[cH-]1.C[Si]C.[Cl][Zr+2][Cl]. The third-order valence-electron chi connectivity index (χ3n) is 11.7. The summed E-state index contributed by atoms with van der Waals surface area (Å²) < 4.78 is 0. The van der Waals surface area contributed by atoms with E-state index in [0.29, 0.717) is 10.8 Å². The second-order valence-corrected chi connectivity index (χ2v) is 24.0. The summed E-state index contributed by atoms with van der Waals surface area (Å²) in [6.45, 7) is 18.2. The summed E-state index contributed by atoms with van der Waals surface area (Å²) in [5, 5.41) is 5.55. The van der Waals surface area contributed by atoms with Crippen LogP contribution in [0.4, 0.5) is 0 Å². The minimum atomic E-state index is -0.826. The van der Waals surface area contributed by atoms with Crippen molar-refractivity contribution in [1.82, 2.24) is 0 Å². The molecule has 306 valence electrons. The van der Waals surface area contributed by atoms with Crippen LogP contribution in [0.3, 0.4) is 0 Å². The Hall–Kier alpha value is -2.22. The quantitative estimate of drug-likeness (QED) is 0.115. The molecular formula is C54H68Cl2SiZr. The summed E-state index contributed by atoms with van der Waals surface area (Å²) in [6, 6.07) is 41.9. The average Bonchev–Trinajstić information content (AvgIpc) is 3.81. The zero-order valence-electron chi connectivity index (χ0n) is 36.8. The van der Waals surface area contributed by atoms with Crippen LogP contribution in [0.25, 0.3) is 43.8 Å². The van der Waals surface area contributed by atoms with E-state index < -0.39 is 20.8 Å². The monoisotopic (exact) mass is 904 g/mol. The van der Waals surface area contributed by atoms with Crippen molar-refractivity contribution in [2.75, 3.05) is 0 Å². The molecule has 2 aliphatic rings. The van der Waals surface area contributed by atoms with Gasteiger partial charge in [-0.15, -0.1) is 69.1 Å². The van der Waals surface area contributed by atoms with Crippen LogP contribution >= 0.6 is 17.0 Å². The van der Waals surface area contributed by atoms with Gasteiger partial charge in [0.1, 0.15) is 0 Å². The normalized spacial score (nSPS) is 15.1. The van der Waals surface area contributed by atoms with Crippen molar-refractivity contribution in [2.24, 2.45) is 10.8 Å². The van der Waals surface area contributed by atoms with Crippen molar-refractivity contribution >= 4 is 48.1 Å². The van der Waals surface area contributed by atoms with Gasteiger partial charge in [0.2, 0.25) is 0 Å². The van der Waals surface area contributed by atoms with Gasteiger partial charge in [0.15, 0.2) is 0 Å². The van der Waals surface area contributed by atoms with Gasteiger partial charge in [0, 0.05) is 9.52 Å². The van der Waals surface area contributed by atoms with Crippen molar-refractivity contribution in [2.45, 2.75) is 144 Å².